The maximum atomic E-state index is 11.3. The molecular formula is C8H14N2O4S2. The van der Waals surface area contributed by atoms with Gasteiger partial charge in [0.2, 0.25) is 11.0 Å². The minimum atomic E-state index is -1.16. The molecule has 92 valence electrons. The molecule has 1 amide bonds. The number of thiol groups is 2. The number of amides is 1. The molecule has 0 bridgehead atoms. The zero-order valence-corrected chi connectivity index (χ0v) is 10.2. The molecule has 8 heteroatoms. The first-order valence-electron chi connectivity index (χ1n) is 4.50. The molecule has 0 aliphatic rings. The van der Waals surface area contributed by atoms with E-state index in [1.807, 2.05) is 0 Å². The van der Waals surface area contributed by atoms with Crippen molar-refractivity contribution in [2.24, 2.45) is 5.73 Å². The third kappa shape index (κ3) is 5.99. The molecule has 0 aliphatic carbocycles. The molecule has 0 radical (unpaired) electrons. The van der Waals surface area contributed by atoms with Crippen LogP contribution in [0.4, 0.5) is 0 Å². The summed E-state index contributed by atoms with van der Waals surface area (Å²) in [6.07, 6.45) is -0.0416. The molecule has 2 atom stereocenters. The molecule has 0 unspecified atom stereocenters. The Morgan fingerprint density at radius 2 is 1.94 bits per heavy atom. The number of rotatable bonds is 7. The van der Waals surface area contributed by atoms with Crippen LogP contribution < -0.4 is 11.1 Å². The van der Waals surface area contributed by atoms with Gasteiger partial charge in [0.05, 0.1) is 0 Å². The summed E-state index contributed by atoms with van der Waals surface area (Å²) in [7, 11) is 0. The van der Waals surface area contributed by atoms with Crippen molar-refractivity contribution in [3.05, 3.63) is 0 Å². The van der Waals surface area contributed by atoms with E-state index in [2.05, 4.69) is 30.6 Å². The molecule has 0 aromatic rings. The van der Waals surface area contributed by atoms with Crippen molar-refractivity contribution >= 4 is 42.2 Å². The summed E-state index contributed by atoms with van der Waals surface area (Å²) in [6, 6.07) is -1.84. The Morgan fingerprint density at radius 1 is 1.38 bits per heavy atom. The molecular weight excluding hydrogens is 252 g/mol. The van der Waals surface area contributed by atoms with Crippen LogP contribution in [0.2, 0.25) is 0 Å². The maximum Gasteiger partial charge on any atom is 0.320 e. The van der Waals surface area contributed by atoms with Gasteiger partial charge in [-0.25, -0.2) is 0 Å². The Kier molecular flexibility index (Phi) is 7.18. The van der Waals surface area contributed by atoms with Gasteiger partial charge in [-0.1, -0.05) is 0 Å². The van der Waals surface area contributed by atoms with Crippen LogP contribution in [0.5, 0.6) is 0 Å². The summed E-state index contributed by atoms with van der Waals surface area (Å²) in [5.74, 6) is -1.47. The molecule has 0 spiro atoms. The topological polar surface area (TPSA) is 109 Å². The van der Waals surface area contributed by atoms with Gasteiger partial charge < -0.3 is 16.2 Å². The first-order valence-corrected chi connectivity index (χ1v) is 5.57. The standard InChI is InChI=1S/C8H14N2O4S2/c9-4(7(12)13)1-2-6(11)10-5(3-15)8(14)16/h4-5,15H,1-3,9H2,(H,10,11)(H,12,13)(H,14,16)/t4-,5-/m0/s1. The third-order valence-corrected chi connectivity index (χ3v) is 2.49. The highest BCUT2D eigenvalue weighted by atomic mass is 32.1. The Morgan fingerprint density at radius 3 is 2.31 bits per heavy atom. The van der Waals surface area contributed by atoms with E-state index in [0.717, 1.165) is 0 Å². The van der Waals surface area contributed by atoms with Gasteiger partial charge in [0.15, 0.2) is 0 Å². The van der Waals surface area contributed by atoms with Crippen molar-refractivity contribution in [1.29, 1.82) is 0 Å². The molecule has 16 heavy (non-hydrogen) atoms. The van der Waals surface area contributed by atoms with Crippen LogP contribution in [0.15, 0.2) is 0 Å². The SMILES string of the molecule is N[C@@H](CCC(=O)N[C@@H](CS)C(=O)S)C(=O)O. The van der Waals surface area contributed by atoms with Crippen LogP contribution in [0, 0.1) is 0 Å². The number of carbonyl (C=O) groups is 3. The quantitative estimate of drug-likeness (QED) is 0.382. The van der Waals surface area contributed by atoms with E-state index in [9.17, 15) is 14.4 Å². The predicted octanol–water partition coefficient (Wildman–Crippen LogP) is -0.950. The van der Waals surface area contributed by atoms with Gasteiger partial charge in [0, 0.05) is 12.2 Å². The van der Waals surface area contributed by atoms with Gasteiger partial charge in [-0.2, -0.15) is 12.6 Å². The molecule has 4 N–H and O–H groups in total. The summed E-state index contributed by atoms with van der Waals surface area (Å²) < 4.78 is 0. The molecule has 0 fully saturated rings. The van der Waals surface area contributed by atoms with Gasteiger partial charge >= 0.3 is 5.97 Å². The minimum Gasteiger partial charge on any atom is -0.480 e. The van der Waals surface area contributed by atoms with E-state index < -0.39 is 29.1 Å². The molecule has 0 saturated carbocycles. The number of aliphatic carboxylic acids is 1. The normalized spacial score (nSPS) is 13.9. The van der Waals surface area contributed by atoms with Gasteiger partial charge in [-0.05, 0) is 6.42 Å². The lowest BCUT2D eigenvalue weighted by molar-refractivity contribution is -0.138. The average molecular weight is 266 g/mol. The van der Waals surface area contributed by atoms with Crippen LogP contribution >= 0.6 is 25.3 Å². The van der Waals surface area contributed by atoms with Crippen molar-refractivity contribution in [1.82, 2.24) is 5.32 Å². The third-order valence-electron chi connectivity index (χ3n) is 1.82. The van der Waals surface area contributed by atoms with Gasteiger partial charge in [-0.3, -0.25) is 14.4 Å². The van der Waals surface area contributed by atoms with Crippen LogP contribution in [0.25, 0.3) is 0 Å². The lowest BCUT2D eigenvalue weighted by Gasteiger charge is -2.13. The van der Waals surface area contributed by atoms with E-state index in [-0.39, 0.29) is 18.6 Å². The Balaban J connectivity index is 3.99. The predicted molar refractivity (Wildman–Crippen MR) is 64.6 cm³/mol. The second kappa shape index (κ2) is 7.53. The zero-order chi connectivity index (χ0) is 12.7. The van der Waals surface area contributed by atoms with Gasteiger partial charge in [-0.15, -0.1) is 12.6 Å². The summed E-state index contributed by atoms with van der Waals surface area (Å²) >= 11 is 7.44. The van der Waals surface area contributed by atoms with E-state index in [1.165, 1.54) is 0 Å². The van der Waals surface area contributed by atoms with Gasteiger partial charge in [0.1, 0.15) is 12.1 Å². The highest BCUT2D eigenvalue weighted by molar-refractivity contribution is 7.96. The molecule has 0 aromatic carbocycles. The van der Waals surface area contributed by atoms with Crippen molar-refractivity contribution in [3.8, 4) is 0 Å². The molecule has 6 nitrogen and oxygen atoms in total. The zero-order valence-electron chi connectivity index (χ0n) is 8.42. The molecule has 0 rings (SSSR count). The number of carbonyl (C=O) groups excluding carboxylic acids is 2. The van der Waals surface area contributed by atoms with Crippen molar-refractivity contribution < 1.29 is 19.5 Å². The lowest BCUT2D eigenvalue weighted by Crippen LogP contribution is -2.41. The molecule has 0 heterocycles. The second-order valence-electron chi connectivity index (χ2n) is 3.12. The van der Waals surface area contributed by atoms with Crippen LogP contribution in [-0.2, 0) is 14.4 Å². The van der Waals surface area contributed by atoms with Gasteiger partial charge in [0.25, 0.3) is 0 Å². The Labute approximate surface area is 104 Å². The van der Waals surface area contributed by atoms with Crippen LogP contribution in [0.3, 0.4) is 0 Å². The first-order chi connectivity index (χ1) is 7.38. The summed E-state index contributed by atoms with van der Waals surface area (Å²) in [6.45, 7) is 0. The van der Waals surface area contributed by atoms with Crippen molar-refractivity contribution in [2.75, 3.05) is 5.75 Å². The number of hydrogen-bond donors (Lipinski definition) is 5. The van der Waals surface area contributed by atoms with E-state index in [1.54, 1.807) is 0 Å². The fourth-order valence-electron chi connectivity index (χ4n) is 0.862. The molecule has 0 aromatic heterocycles. The second-order valence-corrected chi connectivity index (χ2v) is 3.93. The highest BCUT2D eigenvalue weighted by Crippen LogP contribution is 1.98. The van der Waals surface area contributed by atoms with E-state index in [0.29, 0.717) is 0 Å². The number of hydrogen-bond acceptors (Lipinski definition) is 5. The largest absolute Gasteiger partial charge is 0.480 e. The lowest BCUT2D eigenvalue weighted by atomic mass is 10.1. The number of nitrogens with two attached hydrogens (primary N) is 1. The first kappa shape index (κ1) is 15.3. The Hall–Kier alpha value is -0.730. The van der Waals surface area contributed by atoms with E-state index in [4.69, 9.17) is 10.8 Å². The smallest absolute Gasteiger partial charge is 0.320 e. The summed E-state index contributed by atoms with van der Waals surface area (Å²) in [5, 5.41) is 10.4. The monoisotopic (exact) mass is 266 g/mol. The number of carboxylic acids is 1. The van der Waals surface area contributed by atoms with E-state index >= 15 is 0 Å². The fourth-order valence-corrected chi connectivity index (χ4v) is 1.42. The minimum absolute atomic E-state index is 0.0151. The molecule has 0 saturated heterocycles. The summed E-state index contributed by atoms with van der Waals surface area (Å²) in [4.78, 5) is 32.5. The van der Waals surface area contributed by atoms with Crippen LogP contribution in [0.1, 0.15) is 12.8 Å². The Bertz CT molecular complexity index is 285. The van der Waals surface area contributed by atoms with Crippen LogP contribution in [-0.4, -0.2) is 39.9 Å². The average Bonchev–Trinajstić information content (AvgIpc) is 2.21. The molecule has 0 aliphatic heterocycles. The number of carboxylic acid groups (broad SMARTS) is 1. The number of nitrogens with one attached hydrogen (secondary N) is 1. The van der Waals surface area contributed by atoms with Crippen molar-refractivity contribution in [3.63, 3.8) is 0 Å². The van der Waals surface area contributed by atoms with Crippen molar-refractivity contribution in [2.45, 2.75) is 24.9 Å². The summed E-state index contributed by atoms with van der Waals surface area (Å²) in [5.41, 5.74) is 5.21. The highest BCUT2D eigenvalue weighted by Gasteiger charge is 2.18. The maximum absolute atomic E-state index is 11.3. The fraction of sp³-hybridized carbons (Fsp3) is 0.625.